The minimum atomic E-state index is 0.682. The number of halogens is 1. The molecular formula is C8H8BrNO. The zero-order valence-electron chi connectivity index (χ0n) is 5.88. The highest BCUT2D eigenvalue weighted by Gasteiger charge is 1.96. The van der Waals surface area contributed by atoms with E-state index in [-0.39, 0.29) is 0 Å². The van der Waals surface area contributed by atoms with Gasteiger partial charge in [-0.25, -0.2) is 0 Å². The van der Waals surface area contributed by atoms with Gasteiger partial charge in [0.2, 0.25) is 6.41 Å². The number of anilines is 1. The molecule has 0 fully saturated rings. The normalized spacial score (nSPS) is 9.18. The fourth-order valence-electron chi connectivity index (χ4n) is 0.841. The molecule has 11 heavy (non-hydrogen) atoms. The molecule has 0 saturated carbocycles. The molecule has 0 radical (unpaired) electrons. The number of alkyl halides is 1. The predicted molar refractivity (Wildman–Crippen MR) is 48.8 cm³/mol. The Morgan fingerprint density at radius 3 is 2.82 bits per heavy atom. The highest BCUT2D eigenvalue weighted by molar-refractivity contribution is 9.08. The summed E-state index contributed by atoms with van der Waals surface area (Å²) in [5, 5.41) is 3.37. The third-order valence-corrected chi connectivity index (χ3v) is 1.98. The van der Waals surface area contributed by atoms with Gasteiger partial charge in [-0.3, -0.25) is 4.79 Å². The highest BCUT2D eigenvalue weighted by atomic mass is 79.9. The molecule has 2 nitrogen and oxygen atoms in total. The molecule has 0 aliphatic carbocycles. The molecule has 3 heteroatoms. The van der Waals surface area contributed by atoms with E-state index in [4.69, 9.17) is 0 Å². The lowest BCUT2D eigenvalue weighted by atomic mass is 10.2. The van der Waals surface area contributed by atoms with Gasteiger partial charge in [-0.1, -0.05) is 34.1 Å². The largest absolute Gasteiger partial charge is 0.328 e. The maximum absolute atomic E-state index is 10.1. The first-order valence-corrected chi connectivity index (χ1v) is 4.34. The van der Waals surface area contributed by atoms with Gasteiger partial charge in [0.25, 0.3) is 0 Å². The van der Waals surface area contributed by atoms with Crippen LogP contribution in [0.25, 0.3) is 0 Å². The topological polar surface area (TPSA) is 29.1 Å². The van der Waals surface area contributed by atoms with Gasteiger partial charge in [0.1, 0.15) is 0 Å². The average molecular weight is 214 g/mol. The summed E-state index contributed by atoms with van der Waals surface area (Å²) in [6.45, 7) is 0. The van der Waals surface area contributed by atoms with Gasteiger partial charge in [-0.15, -0.1) is 0 Å². The van der Waals surface area contributed by atoms with Gasteiger partial charge in [0.05, 0.1) is 0 Å². The van der Waals surface area contributed by atoms with E-state index in [1.165, 1.54) is 0 Å². The Hall–Kier alpha value is -0.830. The number of amides is 1. The van der Waals surface area contributed by atoms with Gasteiger partial charge >= 0.3 is 0 Å². The second-order valence-electron chi connectivity index (χ2n) is 2.05. The molecule has 0 aliphatic heterocycles. The summed E-state index contributed by atoms with van der Waals surface area (Å²) in [6.07, 6.45) is 0.682. The molecule has 0 aromatic heterocycles. The zero-order chi connectivity index (χ0) is 8.10. The summed E-state index contributed by atoms with van der Waals surface area (Å²) in [5.74, 6) is 0. The maximum atomic E-state index is 10.1. The molecule has 0 heterocycles. The fourth-order valence-corrected chi connectivity index (χ4v) is 1.33. The molecule has 0 bridgehead atoms. The van der Waals surface area contributed by atoms with E-state index in [1.807, 2.05) is 24.3 Å². The molecular weight excluding hydrogens is 206 g/mol. The Balaban J connectivity index is 2.92. The van der Waals surface area contributed by atoms with E-state index in [1.54, 1.807) is 0 Å². The van der Waals surface area contributed by atoms with E-state index in [9.17, 15) is 4.79 Å². The summed E-state index contributed by atoms with van der Waals surface area (Å²) in [7, 11) is 0. The zero-order valence-corrected chi connectivity index (χ0v) is 7.47. The van der Waals surface area contributed by atoms with Crippen LogP contribution in [0, 0.1) is 0 Å². The van der Waals surface area contributed by atoms with Crippen molar-refractivity contribution in [1.82, 2.24) is 0 Å². The Morgan fingerprint density at radius 1 is 1.45 bits per heavy atom. The molecule has 1 aromatic rings. The summed E-state index contributed by atoms with van der Waals surface area (Å²) in [5.41, 5.74) is 1.94. The van der Waals surface area contributed by atoms with Crippen molar-refractivity contribution in [2.75, 3.05) is 5.32 Å². The molecule has 0 aliphatic rings. The molecule has 1 rings (SSSR count). The van der Waals surface area contributed by atoms with E-state index in [0.29, 0.717) is 6.41 Å². The van der Waals surface area contributed by atoms with Crippen LogP contribution in [0.4, 0.5) is 5.69 Å². The number of para-hydroxylation sites is 1. The first-order valence-electron chi connectivity index (χ1n) is 3.22. The van der Waals surface area contributed by atoms with Crippen LogP contribution in [-0.2, 0) is 10.1 Å². The fraction of sp³-hybridized carbons (Fsp3) is 0.125. The number of hydrogen-bond acceptors (Lipinski definition) is 1. The van der Waals surface area contributed by atoms with Crippen LogP contribution in [0.1, 0.15) is 5.56 Å². The minimum absolute atomic E-state index is 0.682. The van der Waals surface area contributed by atoms with Crippen LogP contribution < -0.4 is 5.32 Å². The van der Waals surface area contributed by atoms with Crippen LogP contribution >= 0.6 is 15.9 Å². The summed E-state index contributed by atoms with van der Waals surface area (Å²) in [6, 6.07) is 7.65. The van der Waals surface area contributed by atoms with Crippen molar-refractivity contribution < 1.29 is 4.79 Å². The molecule has 1 aromatic carbocycles. The smallest absolute Gasteiger partial charge is 0.211 e. The SMILES string of the molecule is O=CNc1ccccc1CBr. The van der Waals surface area contributed by atoms with Gasteiger partial charge in [-0.05, 0) is 11.6 Å². The van der Waals surface area contributed by atoms with Crippen molar-refractivity contribution in [3.8, 4) is 0 Å². The second-order valence-corrected chi connectivity index (χ2v) is 2.61. The van der Waals surface area contributed by atoms with Crippen LogP contribution in [0.15, 0.2) is 24.3 Å². The van der Waals surface area contributed by atoms with Crippen molar-refractivity contribution in [3.05, 3.63) is 29.8 Å². The third-order valence-electron chi connectivity index (χ3n) is 1.38. The highest BCUT2D eigenvalue weighted by Crippen LogP contribution is 2.16. The standard InChI is InChI=1S/C8H8BrNO/c9-5-7-3-1-2-4-8(7)10-6-11/h1-4,6H,5H2,(H,10,11). The van der Waals surface area contributed by atoms with Crippen molar-refractivity contribution >= 4 is 28.0 Å². The average Bonchev–Trinajstić information content (AvgIpc) is 2.06. The lowest BCUT2D eigenvalue weighted by Crippen LogP contribution is -1.96. The van der Waals surface area contributed by atoms with Crippen LogP contribution in [0.5, 0.6) is 0 Å². The van der Waals surface area contributed by atoms with Crippen LogP contribution in [0.2, 0.25) is 0 Å². The van der Waals surface area contributed by atoms with Crippen molar-refractivity contribution in [2.24, 2.45) is 0 Å². The number of nitrogens with one attached hydrogen (secondary N) is 1. The van der Waals surface area contributed by atoms with Crippen molar-refractivity contribution in [3.63, 3.8) is 0 Å². The summed E-state index contributed by atoms with van der Waals surface area (Å²) < 4.78 is 0. The number of benzene rings is 1. The lowest BCUT2D eigenvalue weighted by molar-refractivity contribution is -0.105. The van der Waals surface area contributed by atoms with Gasteiger partial charge in [-0.2, -0.15) is 0 Å². The molecule has 1 amide bonds. The third kappa shape index (κ3) is 2.05. The minimum Gasteiger partial charge on any atom is -0.328 e. The molecule has 0 atom stereocenters. The maximum Gasteiger partial charge on any atom is 0.211 e. The molecule has 0 unspecified atom stereocenters. The summed E-state index contributed by atoms with van der Waals surface area (Å²) in [4.78, 5) is 10.1. The predicted octanol–water partition coefficient (Wildman–Crippen LogP) is 2.15. The Morgan fingerprint density at radius 2 is 2.18 bits per heavy atom. The number of carbonyl (C=O) groups is 1. The van der Waals surface area contributed by atoms with E-state index in [2.05, 4.69) is 21.2 Å². The summed E-state index contributed by atoms with van der Waals surface area (Å²) >= 11 is 3.32. The Bertz CT molecular complexity index is 250. The molecule has 0 saturated heterocycles. The Labute approximate surface area is 73.7 Å². The van der Waals surface area contributed by atoms with Gasteiger partial charge in [0, 0.05) is 11.0 Å². The Kier molecular flexibility index (Phi) is 3.11. The molecule has 0 spiro atoms. The van der Waals surface area contributed by atoms with Crippen molar-refractivity contribution in [2.45, 2.75) is 5.33 Å². The van der Waals surface area contributed by atoms with E-state index >= 15 is 0 Å². The number of carbonyl (C=O) groups excluding carboxylic acids is 1. The van der Waals surface area contributed by atoms with Gasteiger partial charge < -0.3 is 5.32 Å². The van der Waals surface area contributed by atoms with Crippen molar-refractivity contribution in [1.29, 1.82) is 0 Å². The monoisotopic (exact) mass is 213 g/mol. The van der Waals surface area contributed by atoms with Gasteiger partial charge in [0.15, 0.2) is 0 Å². The van der Waals surface area contributed by atoms with Crippen LogP contribution in [-0.4, -0.2) is 6.41 Å². The quantitative estimate of drug-likeness (QED) is 0.606. The van der Waals surface area contributed by atoms with Crippen LogP contribution in [0.3, 0.4) is 0 Å². The number of hydrogen-bond donors (Lipinski definition) is 1. The molecule has 1 N–H and O–H groups in total. The lowest BCUT2D eigenvalue weighted by Gasteiger charge is -2.03. The molecule has 58 valence electrons. The second kappa shape index (κ2) is 4.13. The van der Waals surface area contributed by atoms with E-state index < -0.39 is 0 Å². The van der Waals surface area contributed by atoms with E-state index in [0.717, 1.165) is 16.6 Å². The first kappa shape index (κ1) is 8.27. The number of rotatable bonds is 3. The first-order chi connectivity index (χ1) is 5.38.